The molecule has 17 heavy (non-hydrogen) atoms. The summed E-state index contributed by atoms with van der Waals surface area (Å²) in [5, 5.41) is 0.169. The third kappa shape index (κ3) is 2.99. The minimum atomic E-state index is -0.375. The fourth-order valence-corrected chi connectivity index (χ4v) is 2.83. The van der Waals surface area contributed by atoms with E-state index in [4.69, 9.17) is 17.3 Å². The lowest BCUT2D eigenvalue weighted by Crippen LogP contribution is -2.25. The fourth-order valence-electron chi connectivity index (χ4n) is 2.64. The molecule has 0 saturated heterocycles. The average molecular weight is 256 g/mol. The van der Waals surface area contributed by atoms with Crippen LogP contribution in [0.1, 0.15) is 44.2 Å². The maximum Gasteiger partial charge on any atom is 0.141 e. The van der Waals surface area contributed by atoms with Crippen molar-refractivity contribution in [2.24, 2.45) is 17.6 Å². The Labute approximate surface area is 107 Å². The van der Waals surface area contributed by atoms with Crippen LogP contribution in [-0.4, -0.2) is 0 Å². The predicted molar refractivity (Wildman–Crippen MR) is 69.5 cm³/mol. The summed E-state index contributed by atoms with van der Waals surface area (Å²) in [4.78, 5) is 0. The van der Waals surface area contributed by atoms with E-state index < -0.39 is 0 Å². The van der Waals surface area contributed by atoms with Gasteiger partial charge in [-0.05, 0) is 42.4 Å². The van der Waals surface area contributed by atoms with E-state index in [9.17, 15) is 4.39 Å². The molecular formula is C14H19ClFN. The lowest BCUT2D eigenvalue weighted by molar-refractivity contribution is 0.256. The van der Waals surface area contributed by atoms with E-state index in [-0.39, 0.29) is 16.9 Å². The van der Waals surface area contributed by atoms with E-state index in [2.05, 4.69) is 6.92 Å². The highest BCUT2D eigenvalue weighted by molar-refractivity contribution is 6.30. The van der Waals surface area contributed by atoms with Gasteiger partial charge in [0.25, 0.3) is 0 Å². The van der Waals surface area contributed by atoms with Gasteiger partial charge in [0.15, 0.2) is 0 Å². The quantitative estimate of drug-likeness (QED) is 0.838. The van der Waals surface area contributed by atoms with E-state index in [0.29, 0.717) is 5.92 Å². The second-order valence-corrected chi connectivity index (χ2v) is 5.63. The summed E-state index contributed by atoms with van der Waals surface area (Å²) in [5.41, 5.74) is 7.21. The Hall–Kier alpha value is -0.600. The molecule has 94 valence electrons. The summed E-state index contributed by atoms with van der Waals surface area (Å²) >= 11 is 5.79. The highest BCUT2D eigenvalue weighted by Gasteiger charge is 2.24. The zero-order valence-corrected chi connectivity index (χ0v) is 10.9. The molecule has 1 aromatic rings. The van der Waals surface area contributed by atoms with Crippen LogP contribution in [0.25, 0.3) is 0 Å². The van der Waals surface area contributed by atoms with Crippen LogP contribution in [-0.2, 0) is 0 Å². The second-order valence-electron chi connectivity index (χ2n) is 5.22. The SMILES string of the molecule is CC1CCC(C(N)c2ccc(F)c(Cl)c2)CC1. The standard InChI is InChI=1S/C14H19ClFN/c1-9-2-4-10(5-3-9)14(17)11-6-7-13(16)12(15)8-11/h6-10,14H,2-5,17H2,1H3. The number of benzene rings is 1. The van der Waals surface area contributed by atoms with Crippen LogP contribution < -0.4 is 5.73 Å². The van der Waals surface area contributed by atoms with Crippen LogP contribution in [0.3, 0.4) is 0 Å². The van der Waals surface area contributed by atoms with Crippen molar-refractivity contribution in [3.8, 4) is 0 Å². The molecule has 0 aliphatic heterocycles. The van der Waals surface area contributed by atoms with Gasteiger partial charge < -0.3 is 5.73 Å². The van der Waals surface area contributed by atoms with Gasteiger partial charge in [-0.3, -0.25) is 0 Å². The Morgan fingerprint density at radius 3 is 2.53 bits per heavy atom. The lowest BCUT2D eigenvalue weighted by Gasteiger charge is -2.30. The van der Waals surface area contributed by atoms with Crippen molar-refractivity contribution in [2.45, 2.75) is 38.6 Å². The Morgan fingerprint density at radius 2 is 1.94 bits per heavy atom. The number of rotatable bonds is 2. The summed E-state index contributed by atoms with van der Waals surface area (Å²) in [5.74, 6) is 0.947. The summed E-state index contributed by atoms with van der Waals surface area (Å²) in [6.45, 7) is 2.29. The summed E-state index contributed by atoms with van der Waals surface area (Å²) in [7, 11) is 0. The Bertz CT molecular complexity index is 386. The lowest BCUT2D eigenvalue weighted by atomic mass is 9.78. The average Bonchev–Trinajstić information content (AvgIpc) is 2.33. The van der Waals surface area contributed by atoms with Crippen LogP contribution in [0.15, 0.2) is 18.2 Å². The normalized spacial score (nSPS) is 26.8. The van der Waals surface area contributed by atoms with Gasteiger partial charge in [-0.25, -0.2) is 4.39 Å². The van der Waals surface area contributed by atoms with Crippen molar-refractivity contribution in [3.63, 3.8) is 0 Å². The van der Waals surface area contributed by atoms with Crippen LogP contribution >= 0.6 is 11.6 Å². The molecule has 1 unspecified atom stereocenters. The van der Waals surface area contributed by atoms with Gasteiger partial charge in [0.2, 0.25) is 0 Å². The molecule has 3 heteroatoms. The first kappa shape index (κ1) is 12.8. The van der Waals surface area contributed by atoms with Crippen molar-refractivity contribution in [2.75, 3.05) is 0 Å². The molecule has 0 bridgehead atoms. The highest BCUT2D eigenvalue weighted by atomic mass is 35.5. The van der Waals surface area contributed by atoms with E-state index in [1.54, 1.807) is 12.1 Å². The number of nitrogens with two attached hydrogens (primary N) is 1. The van der Waals surface area contributed by atoms with Gasteiger partial charge in [0, 0.05) is 6.04 Å². The van der Waals surface area contributed by atoms with Crippen molar-refractivity contribution in [1.29, 1.82) is 0 Å². The Kier molecular flexibility index (Phi) is 4.05. The first-order chi connectivity index (χ1) is 8.08. The third-order valence-electron chi connectivity index (χ3n) is 3.90. The maximum atomic E-state index is 13.1. The van der Waals surface area contributed by atoms with Gasteiger partial charge >= 0.3 is 0 Å². The number of halogens is 2. The first-order valence-electron chi connectivity index (χ1n) is 6.28. The maximum absolute atomic E-state index is 13.1. The van der Waals surface area contributed by atoms with E-state index in [1.165, 1.54) is 18.9 Å². The predicted octanol–water partition coefficient (Wildman–Crippen LogP) is 4.31. The van der Waals surface area contributed by atoms with E-state index in [1.807, 2.05) is 0 Å². The Balaban J connectivity index is 2.08. The topological polar surface area (TPSA) is 26.0 Å². The number of hydrogen-bond acceptors (Lipinski definition) is 1. The minimum Gasteiger partial charge on any atom is -0.324 e. The molecule has 1 nitrogen and oxygen atoms in total. The van der Waals surface area contributed by atoms with Crippen molar-refractivity contribution < 1.29 is 4.39 Å². The molecule has 2 rings (SSSR count). The molecule has 0 radical (unpaired) electrons. The van der Waals surface area contributed by atoms with Crippen molar-refractivity contribution in [1.82, 2.24) is 0 Å². The van der Waals surface area contributed by atoms with Gasteiger partial charge in [0.1, 0.15) is 5.82 Å². The van der Waals surface area contributed by atoms with Gasteiger partial charge in [-0.2, -0.15) is 0 Å². The van der Waals surface area contributed by atoms with Crippen LogP contribution in [0.5, 0.6) is 0 Å². The van der Waals surface area contributed by atoms with E-state index in [0.717, 1.165) is 24.3 Å². The molecule has 0 heterocycles. The van der Waals surface area contributed by atoms with Crippen molar-refractivity contribution in [3.05, 3.63) is 34.6 Å². The van der Waals surface area contributed by atoms with Crippen LogP contribution in [0.2, 0.25) is 5.02 Å². The molecule has 1 atom stereocenters. The molecule has 1 fully saturated rings. The molecule has 1 saturated carbocycles. The molecule has 1 aromatic carbocycles. The fraction of sp³-hybridized carbons (Fsp3) is 0.571. The van der Waals surface area contributed by atoms with Crippen LogP contribution in [0, 0.1) is 17.7 Å². The molecule has 0 spiro atoms. The first-order valence-corrected chi connectivity index (χ1v) is 6.66. The molecule has 2 N–H and O–H groups in total. The second kappa shape index (κ2) is 5.36. The summed E-state index contributed by atoms with van der Waals surface area (Å²) in [6.07, 6.45) is 4.81. The van der Waals surface area contributed by atoms with Gasteiger partial charge in [-0.15, -0.1) is 0 Å². The highest BCUT2D eigenvalue weighted by Crippen LogP contribution is 2.36. The Morgan fingerprint density at radius 1 is 1.29 bits per heavy atom. The third-order valence-corrected chi connectivity index (χ3v) is 4.19. The summed E-state index contributed by atoms with van der Waals surface area (Å²) < 4.78 is 13.1. The molecule has 1 aliphatic rings. The minimum absolute atomic E-state index is 0.0133. The monoisotopic (exact) mass is 255 g/mol. The van der Waals surface area contributed by atoms with Gasteiger partial charge in [-0.1, -0.05) is 37.4 Å². The largest absolute Gasteiger partial charge is 0.324 e. The zero-order valence-electron chi connectivity index (χ0n) is 10.1. The summed E-state index contributed by atoms with van der Waals surface area (Å²) in [6, 6.07) is 4.81. The smallest absolute Gasteiger partial charge is 0.141 e. The molecule has 1 aliphatic carbocycles. The molecule has 0 aromatic heterocycles. The number of hydrogen-bond donors (Lipinski definition) is 1. The van der Waals surface area contributed by atoms with Gasteiger partial charge in [0.05, 0.1) is 5.02 Å². The zero-order chi connectivity index (χ0) is 12.4. The molecular weight excluding hydrogens is 237 g/mol. The van der Waals surface area contributed by atoms with E-state index >= 15 is 0 Å². The van der Waals surface area contributed by atoms with Crippen LogP contribution in [0.4, 0.5) is 4.39 Å². The van der Waals surface area contributed by atoms with Crippen molar-refractivity contribution >= 4 is 11.6 Å². The molecule has 0 amide bonds.